The number of amides is 1. The number of aryl methyl sites for hydroxylation is 1. The van der Waals surface area contributed by atoms with Crippen LogP contribution in [0.5, 0.6) is 0 Å². The summed E-state index contributed by atoms with van der Waals surface area (Å²) >= 11 is 0. The zero-order valence-corrected chi connectivity index (χ0v) is 36.0. The van der Waals surface area contributed by atoms with Crippen LogP contribution in [0.15, 0.2) is 30.6 Å². The fourth-order valence-corrected chi connectivity index (χ4v) is 9.16. The van der Waals surface area contributed by atoms with Gasteiger partial charge >= 0.3 is 12.1 Å². The number of ketones is 1. The predicted octanol–water partition coefficient (Wildman–Crippen LogP) is 3.31. The van der Waals surface area contributed by atoms with E-state index in [4.69, 9.17) is 29.4 Å². The highest BCUT2D eigenvalue weighted by Gasteiger charge is 2.59. The smallest absolute Gasteiger partial charge is 0.410 e. The van der Waals surface area contributed by atoms with E-state index in [0.29, 0.717) is 44.6 Å². The quantitative estimate of drug-likeness (QED) is 0.121. The van der Waals surface area contributed by atoms with Crippen molar-refractivity contribution >= 4 is 24.1 Å². The molecule has 0 aliphatic carbocycles. The number of aldehydes is 1. The van der Waals surface area contributed by atoms with Crippen LogP contribution in [0.25, 0.3) is 11.4 Å². The highest BCUT2D eigenvalue weighted by Crippen LogP contribution is 2.41. The molecule has 59 heavy (non-hydrogen) atoms. The lowest BCUT2D eigenvalue weighted by Gasteiger charge is -2.47. The van der Waals surface area contributed by atoms with Crippen molar-refractivity contribution in [3.05, 3.63) is 30.6 Å². The molecule has 0 aromatic carbocycles. The van der Waals surface area contributed by atoms with Gasteiger partial charge in [-0.2, -0.15) is 0 Å². The van der Waals surface area contributed by atoms with Gasteiger partial charge in [0.2, 0.25) is 0 Å². The molecule has 0 saturated carbocycles. The number of pyridine rings is 1. The number of ether oxygens (including phenoxy) is 5. The zero-order chi connectivity index (χ0) is 43.2. The van der Waals surface area contributed by atoms with Crippen LogP contribution >= 0.6 is 0 Å². The largest absolute Gasteiger partial charge is 0.458 e. The molecular formula is C42H65N7O10. The molecule has 2 aromatic rings. The molecule has 3 aliphatic rings. The summed E-state index contributed by atoms with van der Waals surface area (Å²) in [4.78, 5) is 60.7. The molecule has 5 heterocycles. The van der Waals surface area contributed by atoms with Crippen molar-refractivity contribution in [2.24, 2.45) is 29.4 Å². The van der Waals surface area contributed by atoms with Crippen LogP contribution in [0.4, 0.5) is 4.79 Å². The van der Waals surface area contributed by atoms with Crippen LogP contribution in [0, 0.1) is 23.7 Å². The molecule has 3 fully saturated rings. The van der Waals surface area contributed by atoms with E-state index < -0.39 is 77.6 Å². The number of hydrogen-bond acceptors (Lipinski definition) is 15. The van der Waals surface area contributed by atoms with Crippen molar-refractivity contribution in [2.45, 2.75) is 154 Å². The Morgan fingerprint density at radius 1 is 1.08 bits per heavy atom. The van der Waals surface area contributed by atoms with Gasteiger partial charge in [0.25, 0.3) is 0 Å². The number of aliphatic hydroxyl groups excluding tert-OH is 1. The molecule has 2 aromatic heterocycles. The molecule has 14 atom stereocenters. The molecule has 5 rings (SSSR count). The van der Waals surface area contributed by atoms with Crippen LogP contribution in [0.3, 0.4) is 0 Å². The first-order chi connectivity index (χ1) is 28.0. The summed E-state index contributed by atoms with van der Waals surface area (Å²) in [6.45, 7) is 15.7. The van der Waals surface area contributed by atoms with Crippen molar-refractivity contribution in [1.29, 1.82) is 0 Å². The van der Waals surface area contributed by atoms with Crippen molar-refractivity contribution in [2.75, 3.05) is 20.2 Å². The van der Waals surface area contributed by atoms with Gasteiger partial charge in [-0.05, 0) is 83.9 Å². The van der Waals surface area contributed by atoms with Crippen molar-refractivity contribution in [1.82, 2.24) is 30.2 Å². The predicted molar refractivity (Wildman–Crippen MR) is 215 cm³/mol. The third-order valence-electron chi connectivity index (χ3n) is 12.9. The summed E-state index contributed by atoms with van der Waals surface area (Å²) in [5.74, 6) is -3.98. The van der Waals surface area contributed by atoms with Crippen LogP contribution in [0.2, 0.25) is 0 Å². The lowest BCUT2D eigenvalue weighted by atomic mass is 9.76. The van der Waals surface area contributed by atoms with Gasteiger partial charge < -0.3 is 44.6 Å². The number of nitrogens with zero attached hydrogens (tertiary/aromatic N) is 5. The number of hydrogen-bond donors (Lipinski definition) is 3. The third-order valence-corrected chi connectivity index (χ3v) is 12.9. The van der Waals surface area contributed by atoms with E-state index in [1.54, 1.807) is 29.6 Å². The Morgan fingerprint density at radius 3 is 2.47 bits per heavy atom. The van der Waals surface area contributed by atoms with Crippen LogP contribution < -0.4 is 11.1 Å². The third kappa shape index (κ3) is 9.86. The molecule has 14 unspecified atom stereocenters. The van der Waals surface area contributed by atoms with E-state index in [-0.39, 0.29) is 36.8 Å². The standard InChI is InChI=1S/C42H65N7O10/c1-10-32-41(8)36(49(40(54)59-41)19-14-13-18-48-23-31(46-47-48)30-15-11-12-17-44-30)28(6)45-22-24(2)21-42(55-9,16-20-50)37(26(4)34(51)27(5)38(53)57-32)58-39-35(52)33(43)25(3)29(7)56-39/h11-12,15,17,20,23-29,32-33,35-37,39,45,52H,10,13-14,16,18-19,21-22,43H2,1-9H3. The summed E-state index contributed by atoms with van der Waals surface area (Å²) in [5, 5.41) is 23.3. The van der Waals surface area contributed by atoms with E-state index in [9.17, 15) is 24.3 Å². The first-order valence-corrected chi connectivity index (χ1v) is 21.0. The zero-order valence-electron chi connectivity index (χ0n) is 36.0. The first kappa shape index (κ1) is 46.2. The molecule has 3 aliphatic heterocycles. The number of Topliss-reactive ketones (excluding diaryl/α,β-unsaturated/α-hetero) is 1. The number of aliphatic hydroxyl groups is 1. The fraction of sp³-hybridized carbons (Fsp3) is 0.738. The normalized spacial score (nSPS) is 37.5. The van der Waals surface area contributed by atoms with Crippen LogP contribution in [-0.4, -0.2) is 134 Å². The van der Waals surface area contributed by atoms with Gasteiger partial charge in [-0.3, -0.25) is 24.2 Å². The van der Waals surface area contributed by atoms with E-state index >= 15 is 0 Å². The van der Waals surface area contributed by atoms with E-state index in [2.05, 4.69) is 20.6 Å². The molecule has 17 nitrogen and oxygen atoms in total. The van der Waals surface area contributed by atoms with Crippen LogP contribution in [-0.2, 0) is 44.6 Å². The van der Waals surface area contributed by atoms with E-state index in [1.807, 2.05) is 59.0 Å². The van der Waals surface area contributed by atoms with Gasteiger partial charge in [0, 0.05) is 50.8 Å². The Morgan fingerprint density at radius 2 is 1.81 bits per heavy atom. The number of cyclic esters (lactones) is 1. The molecule has 4 N–H and O–H groups in total. The molecule has 0 bridgehead atoms. The summed E-state index contributed by atoms with van der Waals surface area (Å²) in [6, 6.07) is 3.97. The molecule has 17 heteroatoms. The van der Waals surface area contributed by atoms with Crippen molar-refractivity contribution in [3.8, 4) is 11.4 Å². The highest BCUT2D eigenvalue weighted by atomic mass is 16.7. The second kappa shape index (κ2) is 19.7. The van der Waals surface area contributed by atoms with Crippen molar-refractivity contribution < 1.29 is 48.0 Å². The number of unbranched alkanes of at least 4 members (excludes halogenated alkanes) is 1. The topological polar surface area (TPSA) is 220 Å². The molecule has 1 amide bonds. The molecule has 3 saturated heterocycles. The van der Waals surface area contributed by atoms with E-state index in [0.717, 1.165) is 12.0 Å². The van der Waals surface area contributed by atoms with Gasteiger partial charge in [-0.15, -0.1) is 5.10 Å². The maximum absolute atomic E-state index is 14.4. The Balaban J connectivity index is 1.41. The number of carbonyl (C=O) groups is 4. The lowest BCUT2D eigenvalue weighted by Crippen LogP contribution is -2.61. The second-order valence-corrected chi connectivity index (χ2v) is 17.1. The van der Waals surface area contributed by atoms with Gasteiger partial charge in [0.05, 0.1) is 30.1 Å². The van der Waals surface area contributed by atoms with Gasteiger partial charge in [0.15, 0.2) is 17.7 Å². The van der Waals surface area contributed by atoms with Gasteiger partial charge in [-0.1, -0.05) is 39.0 Å². The Hall–Kier alpha value is -3.87. The number of rotatable bonds is 12. The van der Waals surface area contributed by atoms with Gasteiger partial charge in [0.1, 0.15) is 35.7 Å². The summed E-state index contributed by atoms with van der Waals surface area (Å²) in [7, 11) is 1.46. The van der Waals surface area contributed by atoms with Crippen molar-refractivity contribution in [3.63, 3.8) is 0 Å². The molecule has 0 radical (unpaired) electrons. The highest BCUT2D eigenvalue weighted by molar-refractivity contribution is 6.00. The summed E-state index contributed by atoms with van der Waals surface area (Å²) in [5.41, 5.74) is 5.12. The minimum absolute atomic E-state index is 0.154. The van der Waals surface area contributed by atoms with Crippen LogP contribution in [0.1, 0.15) is 87.5 Å². The summed E-state index contributed by atoms with van der Waals surface area (Å²) < 4.78 is 33.0. The number of aromatic nitrogens is 4. The minimum Gasteiger partial charge on any atom is -0.458 e. The Labute approximate surface area is 347 Å². The van der Waals surface area contributed by atoms with E-state index in [1.165, 1.54) is 14.0 Å². The monoisotopic (exact) mass is 827 g/mol. The Bertz CT molecular complexity index is 1730. The SMILES string of the molecule is CCC1OC(=O)C(C)C(=O)C(C)C(OC2OC(C)C(C)C(N)C2O)C(CC=O)(OC)CC(C)CNC(C)C2N(CCCCn3cc(-c4ccccn4)nn3)C(=O)OC12C. The number of esters is 1. The maximum Gasteiger partial charge on any atom is 0.410 e. The molecular weight excluding hydrogens is 763 g/mol. The summed E-state index contributed by atoms with van der Waals surface area (Å²) in [6.07, 6.45) is 0.539. The molecule has 328 valence electrons. The minimum atomic E-state index is -1.38. The maximum atomic E-state index is 14.4. The average Bonchev–Trinajstić information content (AvgIpc) is 3.80. The first-order valence-electron chi connectivity index (χ1n) is 21.0. The molecule has 0 spiro atoms. The average molecular weight is 828 g/mol. The Kier molecular flexibility index (Phi) is 15.4. The second-order valence-electron chi connectivity index (χ2n) is 17.1. The number of nitrogens with two attached hydrogens (primary N) is 1. The lowest BCUT2D eigenvalue weighted by molar-refractivity contribution is -0.299. The number of methoxy groups -OCH3 is 1. The van der Waals surface area contributed by atoms with Gasteiger partial charge in [-0.25, -0.2) is 4.79 Å². The number of nitrogens with one attached hydrogen (secondary N) is 1. The number of fused-ring (bicyclic) bond motifs is 1. The fourth-order valence-electron chi connectivity index (χ4n) is 9.16. The number of carbonyl (C=O) groups excluding carboxylic acids is 4.